The van der Waals surface area contributed by atoms with Gasteiger partial charge in [-0.05, 0) is 39.8 Å². The molecule has 0 spiro atoms. The van der Waals surface area contributed by atoms with E-state index in [0.717, 1.165) is 38.8 Å². The Morgan fingerprint density at radius 2 is 2.12 bits per heavy atom. The normalized spacial score (nSPS) is 28.0. The van der Waals surface area contributed by atoms with E-state index in [4.69, 9.17) is 5.73 Å². The van der Waals surface area contributed by atoms with Crippen LogP contribution in [0.2, 0.25) is 0 Å². The maximum absolute atomic E-state index is 12.5. The Labute approximate surface area is 104 Å². The second kappa shape index (κ2) is 4.94. The van der Waals surface area contributed by atoms with Crippen molar-refractivity contribution in [1.82, 2.24) is 9.80 Å². The van der Waals surface area contributed by atoms with Crippen LogP contribution in [0.25, 0.3) is 0 Å². The van der Waals surface area contributed by atoms with E-state index in [1.54, 1.807) is 0 Å². The van der Waals surface area contributed by atoms with Crippen LogP contribution in [0.1, 0.15) is 32.1 Å². The van der Waals surface area contributed by atoms with Gasteiger partial charge in [-0.3, -0.25) is 4.79 Å². The van der Waals surface area contributed by atoms with E-state index in [1.165, 1.54) is 6.42 Å². The number of nitrogens with zero attached hydrogens (tertiary/aromatic N) is 2. The quantitative estimate of drug-likeness (QED) is 0.787. The maximum atomic E-state index is 12.5. The van der Waals surface area contributed by atoms with Crippen molar-refractivity contribution < 1.29 is 4.79 Å². The molecular formula is C13H25N3O. The van der Waals surface area contributed by atoms with Gasteiger partial charge in [0.15, 0.2) is 0 Å². The number of hydrogen-bond donors (Lipinski definition) is 1. The number of likely N-dealkylation sites (tertiary alicyclic amines) is 1. The lowest BCUT2D eigenvalue weighted by Gasteiger charge is -2.45. The molecule has 1 saturated carbocycles. The van der Waals surface area contributed by atoms with Gasteiger partial charge in [-0.25, -0.2) is 0 Å². The molecule has 0 aromatic heterocycles. The zero-order valence-corrected chi connectivity index (χ0v) is 11.1. The summed E-state index contributed by atoms with van der Waals surface area (Å²) in [6.45, 7) is 2.33. The van der Waals surface area contributed by atoms with Gasteiger partial charge in [0.05, 0.1) is 5.41 Å². The standard InChI is InChI=1S/C13H25N3O/c1-15(2)11-5-3-8-16(9-11)12(17)13(10-14)6-4-7-13/h11H,3-10,14H2,1-2H3. The van der Waals surface area contributed by atoms with Gasteiger partial charge in [0, 0.05) is 25.7 Å². The number of piperidine rings is 1. The molecule has 4 nitrogen and oxygen atoms in total. The molecule has 0 radical (unpaired) electrons. The summed E-state index contributed by atoms with van der Waals surface area (Å²) in [5.41, 5.74) is 5.61. The lowest BCUT2D eigenvalue weighted by molar-refractivity contribution is -0.148. The summed E-state index contributed by atoms with van der Waals surface area (Å²) in [7, 11) is 4.20. The summed E-state index contributed by atoms with van der Waals surface area (Å²) >= 11 is 0. The number of likely N-dealkylation sites (N-methyl/N-ethyl adjacent to an activating group) is 1. The molecule has 2 rings (SSSR count). The largest absolute Gasteiger partial charge is 0.341 e. The summed E-state index contributed by atoms with van der Waals surface area (Å²) in [6.07, 6.45) is 5.46. The summed E-state index contributed by atoms with van der Waals surface area (Å²) in [6, 6.07) is 0.516. The van der Waals surface area contributed by atoms with Gasteiger partial charge in [0.2, 0.25) is 5.91 Å². The van der Waals surface area contributed by atoms with Crippen molar-refractivity contribution >= 4 is 5.91 Å². The molecule has 98 valence electrons. The number of rotatable bonds is 3. The van der Waals surface area contributed by atoms with Gasteiger partial charge in [0.25, 0.3) is 0 Å². The second-order valence-corrected chi connectivity index (χ2v) is 5.85. The molecule has 2 N–H and O–H groups in total. The minimum absolute atomic E-state index is 0.200. The smallest absolute Gasteiger partial charge is 0.230 e. The average Bonchev–Trinajstić information content (AvgIpc) is 2.28. The van der Waals surface area contributed by atoms with Crippen molar-refractivity contribution in [2.24, 2.45) is 11.1 Å². The predicted octanol–water partition coefficient (Wildman–Crippen LogP) is 0.668. The Balaban J connectivity index is 1.99. The highest BCUT2D eigenvalue weighted by atomic mass is 16.2. The first-order chi connectivity index (χ1) is 8.09. The van der Waals surface area contributed by atoms with Gasteiger partial charge in [-0.2, -0.15) is 0 Å². The number of amides is 1. The fourth-order valence-corrected chi connectivity index (χ4v) is 3.00. The highest BCUT2D eigenvalue weighted by Crippen LogP contribution is 2.42. The van der Waals surface area contributed by atoms with Crippen LogP contribution in [-0.4, -0.2) is 55.5 Å². The third-order valence-corrected chi connectivity index (χ3v) is 4.57. The number of carbonyl (C=O) groups excluding carboxylic acids is 1. The van der Waals surface area contributed by atoms with Crippen LogP contribution >= 0.6 is 0 Å². The molecule has 0 aromatic carbocycles. The number of hydrogen-bond acceptors (Lipinski definition) is 3. The SMILES string of the molecule is CN(C)C1CCCN(C(=O)C2(CN)CCC2)C1. The highest BCUT2D eigenvalue weighted by Gasteiger charge is 2.45. The Hall–Kier alpha value is -0.610. The van der Waals surface area contributed by atoms with Gasteiger partial charge in [-0.1, -0.05) is 6.42 Å². The lowest BCUT2D eigenvalue weighted by Crippen LogP contribution is -2.56. The summed E-state index contributed by atoms with van der Waals surface area (Å²) in [4.78, 5) is 16.8. The Kier molecular flexibility index (Phi) is 3.73. The first-order valence-electron chi connectivity index (χ1n) is 6.75. The first-order valence-corrected chi connectivity index (χ1v) is 6.75. The van der Waals surface area contributed by atoms with Crippen molar-refractivity contribution in [2.45, 2.75) is 38.1 Å². The molecule has 0 bridgehead atoms. The van der Waals surface area contributed by atoms with Crippen LogP contribution in [0.15, 0.2) is 0 Å². The van der Waals surface area contributed by atoms with E-state index in [9.17, 15) is 4.79 Å². The Bertz CT molecular complexity index is 281. The summed E-state index contributed by atoms with van der Waals surface area (Å²) in [5, 5.41) is 0. The van der Waals surface area contributed by atoms with Crippen molar-refractivity contribution in [2.75, 3.05) is 33.7 Å². The molecule has 0 aromatic rings. The van der Waals surface area contributed by atoms with E-state index in [0.29, 0.717) is 18.5 Å². The van der Waals surface area contributed by atoms with Gasteiger partial charge in [-0.15, -0.1) is 0 Å². The van der Waals surface area contributed by atoms with Crippen LogP contribution < -0.4 is 5.73 Å². The highest BCUT2D eigenvalue weighted by molar-refractivity contribution is 5.84. The van der Waals surface area contributed by atoms with Crippen LogP contribution in [0.3, 0.4) is 0 Å². The van der Waals surface area contributed by atoms with E-state index >= 15 is 0 Å². The van der Waals surface area contributed by atoms with Crippen molar-refractivity contribution in [3.8, 4) is 0 Å². The van der Waals surface area contributed by atoms with E-state index < -0.39 is 0 Å². The molecule has 1 heterocycles. The minimum Gasteiger partial charge on any atom is -0.341 e. The van der Waals surface area contributed by atoms with Crippen molar-refractivity contribution in [1.29, 1.82) is 0 Å². The fraction of sp³-hybridized carbons (Fsp3) is 0.923. The summed E-state index contributed by atoms with van der Waals surface area (Å²) in [5.74, 6) is 0.317. The second-order valence-electron chi connectivity index (χ2n) is 5.85. The molecule has 1 unspecified atom stereocenters. The van der Waals surface area contributed by atoms with Crippen LogP contribution in [0.4, 0.5) is 0 Å². The predicted molar refractivity (Wildman–Crippen MR) is 68.6 cm³/mol. The first kappa shape index (κ1) is 12.8. The molecule has 2 aliphatic rings. The van der Waals surface area contributed by atoms with Crippen LogP contribution in [0, 0.1) is 5.41 Å². The topological polar surface area (TPSA) is 49.6 Å². The number of nitrogens with two attached hydrogens (primary N) is 1. The monoisotopic (exact) mass is 239 g/mol. The number of carbonyl (C=O) groups is 1. The molecule has 17 heavy (non-hydrogen) atoms. The third-order valence-electron chi connectivity index (χ3n) is 4.57. The zero-order chi connectivity index (χ0) is 12.5. The van der Waals surface area contributed by atoms with E-state index in [2.05, 4.69) is 23.9 Å². The van der Waals surface area contributed by atoms with Gasteiger partial charge < -0.3 is 15.5 Å². The molecule has 1 aliphatic heterocycles. The molecule has 4 heteroatoms. The van der Waals surface area contributed by atoms with E-state index in [-0.39, 0.29) is 5.41 Å². The average molecular weight is 239 g/mol. The van der Waals surface area contributed by atoms with Crippen LogP contribution in [0.5, 0.6) is 0 Å². The van der Waals surface area contributed by atoms with Crippen LogP contribution in [-0.2, 0) is 4.79 Å². The third kappa shape index (κ3) is 2.33. The Morgan fingerprint density at radius 3 is 2.59 bits per heavy atom. The fourth-order valence-electron chi connectivity index (χ4n) is 3.00. The molecule has 2 fully saturated rings. The molecule has 1 atom stereocenters. The molecule has 1 aliphatic carbocycles. The molecular weight excluding hydrogens is 214 g/mol. The summed E-state index contributed by atoms with van der Waals surface area (Å²) < 4.78 is 0. The molecule has 1 amide bonds. The van der Waals surface area contributed by atoms with Crippen molar-refractivity contribution in [3.05, 3.63) is 0 Å². The Morgan fingerprint density at radius 1 is 1.41 bits per heavy atom. The molecule has 1 saturated heterocycles. The minimum atomic E-state index is -0.200. The zero-order valence-electron chi connectivity index (χ0n) is 11.1. The van der Waals surface area contributed by atoms with Gasteiger partial charge in [0.1, 0.15) is 0 Å². The van der Waals surface area contributed by atoms with E-state index in [1.807, 2.05) is 0 Å². The maximum Gasteiger partial charge on any atom is 0.230 e. The lowest BCUT2D eigenvalue weighted by atomic mass is 9.67. The van der Waals surface area contributed by atoms with Gasteiger partial charge >= 0.3 is 0 Å². The van der Waals surface area contributed by atoms with Crippen molar-refractivity contribution in [3.63, 3.8) is 0 Å².